The average molecular weight is 260 g/mol. The van der Waals surface area contributed by atoms with E-state index in [1.807, 2.05) is 12.1 Å². The molecule has 2 aromatic rings. The van der Waals surface area contributed by atoms with Gasteiger partial charge in [0.15, 0.2) is 0 Å². The van der Waals surface area contributed by atoms with Crippen molar-refractivity contribution in [3.8, 4) is 11.5 Å². The topological polar surface area (TPSA) is 59.2 Å². The minimum atomic E-state index is 0.298. The van der Waals surface area contributed by atoms with Crippen molar-refractivity contribution in [2.45, 2.75) is 39.0 Å². The number of aliphatic hydroxyl groups excluding tert-OH is 1. The molecule has 0 spiro atoms. The van der Waals surface area contributed by atoms with Gasteiger partial charge in [-0.05, 0) is 37.0 Å². The lowest BCUT2D eigenvalue weighted by Crippen LogP contribution is -1.89. The van der Waals surface area contributed by atoms with E-state index < -0.39 is 0 Å². The number of nitrogens with zero attached hydrogens (tertiary/aromatic N) is 2. The molecule has 0 saturated heterocycles. The van der Waals surface area contributed by atoms with Crippen LogP contribution in [-0.4, -0.2) is 21.9 Å². The van der Waals surface area contributed by atoms with Crippen molar-refractivity contribution in [2.75, 3.05) is 6.61 Å². The van der Waals surface area contributed by atoms with E-state index in [9.17, 15) is 0 Å². The Bertz CT molecular complexity index is 508. The van der Waals surface area contributed by atoms with Crippen molar-refractivity contribution in [3.63, 3.8) is 0 Å². The van der Waals surface area contributed by atoms with Crippen LogP contribution < -0.4 is 0 Å². The van der Waals surface area contributed by atoms with Crippen molar-refractivity contribution in [2.24, 2.45) is 0 Å². The molecule has 0 atom stereocenters. The minimum Gasteiger partial charge on any atom is -0.421 e. The van der Waals surface area contributed by atoms with Gasteiger partial charge < -0.3 is 9.52 Å². The van der Waals surface area contributed by atoms with Crippen LogP contribution in [0.4, 0.5) is 0 Å². The summed E-state index contributed by atoms with van der Waals surface area (Å²) in [6, 6.07) is 8.25. The minimum absolute atomic E-state index is 0.298. The highest BCUT2D eigenvalue weighted by Crippen LogP contribution is 2.20. The summed E-state index contributed by atoms with van der Waals surface area (Å²) >= 11 is 0. The maximum Gasteiger partial charge on any atom is 0.247 e. The zero-order valence-electron chi connectivity index (χ0n) is 11.3. The highest BCUT2D eigenvalue weighted by molar-refractivity contribution is 5.53. The number of rotatable bonds is 7. The lowest BCUT2D eigenvalue weighted by molar-refractivity contribution is 0.282. The fraction of sp³-hybridized carbons (Fsp3) is 0.467. The fourth-order valence-electron chi connectivity index (χ4n) is 2.07. The third-order valence-electron chi connectivity index (χ3n) is 3.07. The fourth-order valence-corrected chi connectivity index (χ4v) is 2.07. The van der Waals surface area contributed by atoms with Gasteiger partial charge in [-0.2, -0.15) is 0 Å². The van der Waals surface area contributed by atoms with Crippen molar-refractivity contribution >= 4 is 0 Å². The van der Waals surface area contributed by atoms with E-state index in [1.165, 1.54) is 5.56 Å². The first-order valence-corrected chi connectivity index (χ1v) is 6.80. The van der Waals surface area contributed by atoms with Gasteiger partial charge in [0.1, 0.15) is 0 Å². The van der Waals surface area contributed by atoms with Crippen LogP contribution >= 0.6 is 0 Å². The second-order valence-corrected chi connectivity index (χ2v) is 4.71. The molecule has 0 radical (unpaired) electrons. The third-order valence-corrected chi connectivity index (χ3v) is 3.07. The number of aliphatic hydroxyl groups is 1. The Morgan fingerprint density at radius 2 is 1.95 bits per heavy atom. The van der Waals surface area contributed by atoms with Gasteiger partial charge in [-0.15, -0.1) is 10.2 Å². The molecule has 0 bridgehead atoms. The van der Waals surface area contributed by atoms with Gasteiger partial charge in [0.05, 0.1) is 0 Å². The van der Waals surface area contributed by atoms with E-state index in [2.05, 4.69) is 22.3 Å². The summed E-state index contributed by atoms with van der Waals surface area (Å²) in [5.41, 5.74) is 2.27. The maximum atomic E-state index is 8.72. The zero-order chi connectivity index (χ0) is 13.5. The Morgan fingerprint density at radius 1 is 1.11 bits per heavy atom. The molecule has 1 heterocycles. The average Bonchev–Trinajstić information content (AvgIpc) is 2.86. The Kier molecular flexibility index (Phi) is 5.10. The van der Waals surface area contributed by atoms with E-state index in [4.69, 9.17) is 9.52 Å². The molecule has 0 aliphatic heterocycles. The van der Waals surface area contributed by atoms with Crippen LogP contribution in [0.5, 0.6) is 0 Å². The smallest absolute Gasteiger partial charge is 0.247 e. The number of aryl methyl sites for hydroxylation is 2. The Labute approximate surface area is 113 Å². The molecule has 1 aromatic carbocycles. The third kappa shape index (κ3) is 4.17. The largest absolute Gasteiger partial charge is 0.421 e. The quantitative estimate of drug-likeness (QED) is 0.777. The van der Waals surface area contributed by atoms with Crippen molar-refractivity contribution < 1.29 is 9.52 Å². The second kappa shape index (κ2) is 7.04. The summed E-state index contributed by atoms with van der Waals surface area (Å²) in [5.74, 6) is 1.17. The van der Waals surface area contributed by atoms with E-state index in [0.29, 0.717) is 18.4 Å². The van der Waals surface area contributed by atoms with Gasteiger partial charge in [0, 0.05) is 19.1 Å². The first-order valence-electron chi connectivity index (χ1n) is 6.80. The molecular weight excluding hydrogens is 240 g/mol. The summed E-state index contributed by atoms with van der Waals surface area (Å²) in [6.45, 7) is 2.09. The SMILES string of the molecule is Cc1nnc(-c2cccc(CCCCCCO)c2)o1. The molecule has 19 heavy (non-hydrogen) atoms. The van der Waals surface area contributed by atoms with Gasteiger partial charge in [-0.1, -0.05) is 25.0 Å². The van der Waals surface area contributed by atoms with Crippen molar-refractivity contribution in [1.29, 1.82) is 0 Å². The number of benzene rings is 1. The molecule has 0 fully saturated rings. The summed E-state index contributed by atoms with van der Waals surface area (Å²) in [6.07, 6.45) is 5.35. The number of hydrogen-bond donors (Lipinski definition) is 1. The molecule has 4 nitrogen and oxygen atoms in total. The predicted octanol–water partition coefficient (Wildman–Crippen LogP) is 3.14. The maximum absolute atomic E-state index is 8.72. The van der Waals surface area contributed by atoms with E-state index in [0.717, 1.165) is 37.7 Å². The molecular formula is C15H20N2O2. The van der Waals surface area contributed by atoms with Gasteiger partial charge >= 0.3 is 0 Å². The van der Waals surface area contributed by atoms with Crippen LogP contribution in [0.15, 0.2) is 28.7 Å². The van der Waals surface area contributed by atoms with Crippen LogP contribution in [0, 0.1) is 6.92 Å². The monoisotopic (exact) mass is 260 g/mol. The molecule has 1 aromatic heterocycles. The molecule has 102 valence electrons. The molecule has 0 aliphatic carbocycles. The Hall–Kier alpha value is -1.68. The summed E-state index contributed by atoms with van der Waals surface area (Å²) in [5, 5.41) is 16.6. The molecule has 0 amide bonds. The van der Waals surface area contributed by atoms with Gasteiger partial charge in [-0.25, -0.2) is 0 Å². The normalized spacial score (nSPS) is 10.8. The predicted molar refractivity (Wildman–Crippen MR) is 73.7 cm³/mol. The van der Waals surface area contributed by atoms with Crippen LogP contribution in [0.2, 0.25) is 0 Å². The van der Waals surface area contributed by atoms with E-state index >= 15 is 0 Å². The Morgan fingerprint density at radius 3 is 2.68 bits per heavy atom. The van der Waals surface area contributed by atoms with Gasteiger partial charge in [0.2, 0.25) is 11.8 Å². The molecule has 4 heteroatoms. The van der Waals surface area contributed by atoms with Gasteiger partial charge in [-0.3, -0.25) is 0 Å². The lowest BCUT2D eigenvalue weighted by atomic mass is 10.0. The first kappa shape index (κ1) is 13.7. The number of aromatic nitrogens is 2. The molecule has 0 saturated carbocycles. The van der Waals surface area contributed by atoms with Crippen LogP contribution in [0.1, 0.15) is 37.1 Å². The zero-order valence-corrected chi connectivity index (χ0v) is 11.3. The summed E-state index contributed by atoms with van der Waals surface area (Å²) in [7, 11) is 0. The Balaban J connectivity index is 1.92. The van der Waals surface area contributed by atoms with E-state index in [1.54, 1.807) is 6.92 Å². The van der Waals surface area contributed by atoms with Gasteiger partial charge in [0.25, 0.3) is 0 Å². The molecule has 2 rings (SSSR count). The molecule has 1 N–H and O–H groups in total. The van der Waals surface area contributed by atoms with Crippen LogP contribution in [0.3, 0.4) is 0 Å². The number of hydrogen-bond acceptors (Lipinski definition) is 4. The molecule has 0 unspecified atom stereocenters. The van der Waals surface area contributed by atoms with E-state index in [-0.39, 0.29) is 0 Å². The second-order valence-electron chi connectivity index (χ2n) is 4.71. The number of unbranched alkanes of at least 4 members (excludes halogenated alkanes) is 3. The lowest BCUT2D eigenvalue weighted by Gasteiger charge is -2.03. The highest BCUT2D eigenvalue weighted by Gasteiger charge is 2.06. The van der Waals surface area contributed by atoms with Crippen molar-refractivity contribution in [3.05, 3.63) is 35.7 Å². The summed E-state index contributed by atoms with van der Waals surface area (Å²) < 4.78 is 5.43. The van der Waals surface area contributed by atoms with Crippen molar-refractivity contribution in [1.82, 2.24) is 10.2 Å². The highest BCUT2D eigenvalue weighted by atomic mass is 16.4. The molecule has 0 aliphatic rings. The van der Waals surface area contributed by atoms with Crippen LogP contribution in [-0.2, 0) is 6.42 Å². The van der Waals surface area contributed by atoms with Crippen LogP contribution in [0.25, 0.3) is 11.5 Å². The standard InChI is InChI=1S/C15H20N2O2/c1-12-16-17-15(19-12)14-9-6-8-13(11-14)7-4-2-3-5-10-18/h6,8-9,11,18H,2-5,7,10H2,1H3. The first-order chi connectivity index (χ1) is 9.29. The summed E-state index contributed by atoms with van der Waals surface area (Å²) in [4.78, 5) is 0.